The molecule has 0 N–H and O–H groups in total. The average Bonchev–Trinajstić information content (AvgIpc) is 1.79. The lowest BCUT2D eigenvalue weighted by Gasteiger charge is -2.15. The standard InChI is InChI=1S/C23H41N3.C22H39N3.C21H37N3.C20H35N3/c1-22(2,3)17-15-13-11-9-7-8-10-12-14-16-18-26-20-21(24-25-26)19-23(4,5)6;1-21(2,3)16-14-12-10-8-7-9-11-13-15-17-25-19-20(23-24-25)18-22(4,5)6;1-20(2,3)15-13-11-9-7-8-10-12-14-16-24-18-19(22-23-24)17-21(4,5)6;1-19(2,3)14-12-10-8-7-9-11-13-15-23-17-18(21-22-23)16-20(4,5)6/h20H,7-14,16,18-19H2,1-6H3;19H,7-13,15,17-18H2,1-6H3;18H,7-12,14,16-17H2,1-6H3;17H,7-11,13,15-16H2,1-6H3. The number of rotatable bonds is 38. The molecule has 0 aliphatic heterocycles. The fourth-order valence-electron chi connectivity index (χ4n) is 10.7. The Morgan fingerprint density at radius 3 is 0.531 bits per heavy atom. The average molecular weight is 1350 g/mol. The van der Waals surface area contributed by atoms with E-state index in [2.05, 4.69) is 280 Å². The first-order chi connectivity index (χ1) is 45.6. The number of hydrogen-bond acceptors (Lipinski definition) is 8. The Hall–Kier alpha value is -5.20. The van der Waals surface area contributed by atoms with Crippen molar-refractivity contribution in [2.45, 2.75) is 411 Å². The highest BCUT2D eigenvalue weighted by molar-refractivity contribution is 5.09. The predicted molar refractivity (Wildman–Crippen MR) is 420 cm³/mol. The van der Waals surface area contributed by atoms with E-state index in [1.165, 1.54) is 167 Å². The minimum Gasteiger partial charge on any atom is -0.252 e. The van der Waals surface area contributed by atoms with E-state index < -0.39 is 0 Å². The van der Waals surface area contributed by atoms with Gasteiger partial charge in [0.25, 0.3) is 0 Å². The molecule has 0 fully saturated rings. The van der Waals surface area contributed by atoms with Gasteiger partial charge >= 0.3 is 0 Å². The number of nitrogens with zero attached hydrogens (tertiary/aromatic N) is 12. The van der Waals surface area contributed by atoms with Gasteiger partial charge in [-0.3, -0.25) is 18.7 Å². The summed E-state index contributed by atoms with van der Waals surface area (Å²) in [6.07, 6.45) is 50.1. The van der Waals surface area contributed by atoms with Gasteiger partial charge in [-0.05, 0) is 182 Å². The molecule has 4 aromatic heterocycles. The summed E-state index contributed by atoms with van der Waals surface area (Å²) in [4.78, 5) is 0. The minimum atomic E-state index is 0.143. The van der Waals surface area contributed by atoms with Crippen molar-refractivity contribution in [3.05, 3.63) is 47.6 Å². The largest absolute Gasteiger partial charge is 0.252 e. The van der Waals surface area contributed by atoms with Gasteiger partial charge in [0.05, 0.1) is 22.8 Å². The summed E-state index contributed by atoms with van der Waals surface area (Å²) in [7, 11) is 0. The lowest BCUT2D eigenvalue weighted by Crippen LogP contribution is -2.09. The first-order valence-corrected chi connectivity index (χ1v) is 39.2. The Kier molecular flexibility index (Phi) is 45.0. The van der Waals surface area contributed by atoms with Gasteiger partial charge < -0.3 is 0 Å². The van der Waals surface area contributed by atoms with Gasteiger partial charge in [-0.25, -0.2) is 0 Å². The minimum absolute atomic E-state index is 0.143. The zero-order valence-electron chi connectivity index (χ0n) is 68.5. The van der Waals surface area contributed by atoms with Crippen molar-refractivity contribution in [1.82, 2.24) is 60.0 Å². The third kappa shape index (κ3) is 61.9. The van der Waals surface area contributed by atoms with Crippen LogP contribution in [0.2, 0.25) is 0 Å². The van der Waals surface area contributed by atoms with E-state index in [4.69, 9.17) is 0 Å². The molecule has 98 heavy (non-hydrogen) atoms. The predicted octanol–water partition coefficient (Wildman–Crippen LogP) is 23.4. The van der Waals surface area contributed by atoms with E-state index in [9.17, 15) is 0 Å². The van der Waals surface area contributed by atoms with Crippen LogP contribution in [0.3, 0.4) is 0 Å². The molecule has 0 atom stereocenters. The lowest BCUT2D eigenvalue weighted by molar-refractivity contribution is 0.405. The maximum atomic E-state index is 4.29. The van der Waals surface area contributed by atoms with E-state index in [-0.39, 0.29) is 43.3 Å². The Bertz CT molecular complexity index is 2890. The van der Waals surface area contributed by atoms with E-state index in [0.29, 0.717) is 0 Å². The van der Waals surface area contributed by atoms with Crippen LogP contribution in [0.1, 0.15) is 382 Å². The van der Waals surface area contributed by atoms with Crippen molar-refractivity contribution < 1.29 is 0 Å². The topological polar surface area (TPSA) is 123 Å². The molecule has 0 saturated carbocycles. The van der Waals surface area contributed by atoms with Crippen molar-refractivity contribution in [1.29, 1.82) is 0 Å². The maximum Gasteiger partial charge on any atom is 0.0832 e. The Balaban J connectivity index is 0.000000654. The molecule has 556 valence electrons. The Morgan fingerprint density at radius 1 is 0.224 bits per heavy atom. The molecule has 4 aromatic rings. The summed E-state index contributed by atoms with van der Waals surface area (Å²) in [5, 5.41) is 34.1. The molecule has 0 amide bonds. The molecule has 0 aromatic carbocycles. The number of hydrogen-bond donors (Lipinski definition) is 0. The van der Waals surface area contributed by atoms with Crippen LogP contribution in [0, 0.1) is 90.7 Å². The lowest BCUT2D eigenvalue weighted by atomic mass is 9.91. The van der Waals surface area contributed by atoms with Crippen LogP contribution >= 0.6 is 0 Å². The van der Waals surface area contributed by atoms with Gasteiger partial charge in [0, 0.05) is 98.3 Å². The van der Waals surface area contributed by atoms with E-state index in [1.54, 1.807) is 0 Å². The van der Waals surface area contributed by atoms with E-state index in [1.807, 2.05) is 18.7 Å². The fraction of sp³-hybridized carbons (Fsp3) is 0.814. The highest BCUT2D eigenvalue weighted by Crippen LogP contribution is 2.24. The molecule has 0 spiro atoms. The second-order valence-electron chi connectivity index (χ2n) is 37.2. The van der Waals surface area contributed by atoms with Crippen LogP contribution in [-0.2, 0) is 51.9 Å². The molecule has 12 heteroatoms. The molecule has 0 aliphatic rings. The van der Waals surface area contributed by atoms with Crippen LogP contribution < -0.4 is 0 Å². The molecule has 0 bridgehead atoms. The van der Waals surface area contributed by atoms with Crippen LogP contribution in [0.25, 0.3) is 0 Å². The summed E-state index contributed by atoms with van der Waals surface area (Å²) in [5.74, 6) is 26.4. The summed E-state index contributed by atoms with van der Waals surface area (Å²) in [6.45, 7) is 56.9. The van der Waals surface area contributed by atoms with Crippen molar-refractivity contribution >= 4 is 0 Å². The third-order valence-corrected chi connectivity index (χ3v) is 15.3. The van der Waals surface area contributed by atoms with Gasteiger partial charge in [-0.2, -0.15) is 0 Å². The molecule has 0 aliphatic carbocycles. The molecule has 0 saturated heterocycles. The summed E-state index contributed by atoms with van der Waals surface area (Å²) >= 11 is 0. The molecular formula is C86H152N12. The van der Waals surface area contributed by atoms with Crippen molar-refractivity contribution in [2.75, 3.05) is 0 Å². The quantitative estimate of drug-likeness (QED) is 0.0321. The number of unbranched alkanes of at least 4 members (excludes halogenated alkanes) is 26. The highest BCUT2D eigenvalue weighted by atomic mass is 15.4. The maximum absolute atomic E-state index is 4.29. The summed E-state index contributed by atoms with van der Waals surface area (Å²) < 4.78 is 8.02. The molecule has 0 radical (unpaired) electrons. The Labute approximate surface area is 605 Å². The van der Waals surface area contributed by atoms with Gasteiger partial charge in [-0.1, -0.05) is 243 Å². The summed E-state index contributed by atoms with van der Waals surface area (Å²) in [6, 6.07) is 0. The third-order valence-electron chi connectivity index (χ3n) is 15.3. The zero-order valence-corrected chi connectivity index (χ0v) is 68.5. The number of aromatic nitrogens is 12. The van der Waals surface area contributed by atoms with Gasteiger partial charge in [0.15, 0.2) is 0 Å². The van der Waals surface area contributed by atoms with Gasteiger partial charge in [-0.15, -0.1) is 44.1 Å². The molecule has 0 unspecified atom stereocenters. The van der Waals surface area contributed by atoms with Crippen LogP contribution in [0.5, 0.6) is 0 Å². The van der Waals surface area contributed by atoms with Gasteiger partial charge in [0.2, 0.25) is 0 Å². The first kappa shape index (κ1) is 90.8. The highest BCUT2D eigenvalue weighted by Gasteiger charge is 2.18. The number of aryl methyl sites for hydroxylation is 4. The molecular weight excluding hydrogens is 1200 g/mol. The second-order valence-corrected chi connectivity index (χ2v) is 37.2. The van der Waals surface area contributed by atoms with Crippen molar-refractivity contribution in [2.24, 2.45) is 43.3 Å². The van der Waals surface area contributed by atoms with Gasteiger partial charge in [0.1, 0.15) is 0 Å². The molecule has 4 heterocycles. The molecule has 12 nitrogen and oxygen atoms in total. The zero-order chi connectivity index (χ0) is 73.6. The molecule has 4 rings (SSSR count). The van der Waals surface area contributed by atoms with Crippen molar-refractivity contribution in [3.8, 4) is 47.4 Å². The van der Waals surface area contributed by atoms with Crippen LogP contribution in [0.4, 0.5) is 0 Å². The normalized spacial score (nSPS) is 12.1. The van der Waals surface area contributed by atoms with E-state index in [0.717, 1.165) is 100 Å². The van der Waals surface area contributed by atoms with Crippen LogP contribution in [0.15, 0.2) is 24.8 Å². The van der Waals surface area contributed by atoms with Crippen LogP contribution in [-0.4, -0.2) is 60.0 Å². The smallest absolute Gasteiger partial charge is 0.0832 e. The first-order valence-electron chi connectivity index (χ1n) is 39.2. The summed E-state index contributed by atoms with van der Waals surface area (Å²) in [5.41, 5.74) is 6.14. The van der Waals surface area contributed by atoms with Crippen molar-refractivity contribution in [3.63, 3.8) is 0 Å². The van der Waals surface area contributed by atoms with E-state index >= 15 is 0 Å². The fourth-order valence-corrected chi connectivity index (χ4v) is 10.7. The SMILES string of the molecule is CC(C)(C)C#CCCCCCCCCCCn1cc(CC(C)(C)C)nn1.CC(C)(C)C#CCCCCCCCCCn1cc(CC(C)(C)C)nn1.CC(C)(C)C#CCCCCCCCCn1cc(CC(C)(C)C)nn1.CC(C)(C)C#CCCCCCCCn1cc(CC(C)(C)C)nn1. The monoisotopic (exact) mass is 1350 g/mol. The second kappa shape index (κ2) is 48.6. The Morgan fingerprint density at radius 2 is 0.378 bits per heavy atom.